The second-order valence-electron chi connectivity index (χ2n) is 7.29. The van der Waals surface area contributed by atoms with Crippen molar-refractivity contribution in [3.63, 3.8) is 0 Å². The van der Waals surface area contributed by atoms with Crippen LogP contribution in [0.4, 0.5) is 0 Å². The van der Waals surface area contributed by atoms with E-state index in [0.29, 0.717) is 0 Å². The third-order valence-corrected chi connectivity index (χ3v) is 6.64. The topological polar surface area (TPSA) is 58.2 Å². The van der Waals surface area contributed by atoms with Gasteiger partial charge in [0.25, 0.3) is 0 Å². The van der Waals surface area contributed by atoms with Crippen LogP contribution in [0.3, 0.4) is 0 Å². The smallest absolute Gasteiger partial charge is 0.347 e. The van der Waals surface area contributed by atoms with E-state index in [4.69, 9.17) is 4.74 Å². The van der Waals surface area contributed by atoms with Gasteiger partial charge in [0.05, 0.1) is 6.04 Å². The molecule has 22 heavy (non-hydrogen) atoms. The van der Waals surface area contributed by atoms with Gasteiger partial charge in [-0.2, -0.15) is 0 Å². The Bertz CT molecular complexity index is 721. The molecule has 6 heteroatoms. The summed E-state index contributed by atoms with van der Waals surface area (Å²) in [6, 6.07) is -0.181. The van der Waals surface area contributed by atoms with Crippen molar-refractivity contribution in [2.45, 2.75) is 56.2 Å². The Hall–Kier alpha value is -1.56. The van der Waals surface area contributed by atoms with Crippen LogP contribution < -0.4 is 11.4 Å². The van der Waals surface area contributed by atoms with Crippen molar-refractivity contribution in [2.24, 2.45) is 12.5 Å². The standard InChI is InChI=1S/C16H21N3O3/c1-17-13(20)18-11-5-6-12(19(18)14(17)21)16(9-4-10-22-16)15(11)7-2-3-8-15/h5-6,11-12H,2-4,7-10H2,1H3/t11-,12+,16-/m0/s1. The molecule has 2 fully saturated rings. The summed E-state index contributed by atoms with van der Waals surface area (Å²) in [4.78, 5) is 25.2. The van der Waals surface area contributed by atoms with Crippen LogP contribution in [0.2, 0.25) is 0 Å². The summed E-state index contributed by atoms with van der Waals surface area (Å²) in [6.07, 6.45) is 10.9. The second kappa shape index (κ2) is 3.85. The van der Waals surface area contributed by atoms with Crippen LogP contribution in [0, 0.1) is 5.41 Å². The summed E-state index contributed by atoms with van der Waals surface area (Å²) in [5.74, 6) is 0. The molecule has 2 spiro atoms. The maximum atomic E-state index is 12.6. The van der Waals surface area contributed by atoms with Crippen LogP contribution in [0.15, 0.2) is 21.7 Å². The lowest BCUT2D eigenvalue weighted by atomic mass is 9.57. The molecule has 2 bridgehead atoms. The average molecular weight is 303 g/mol. The van der Waals surface area contributed by atoms with Crippen LogP contribution in [0.5, 0.6) is 0 Å². The fourth-order valence-corrected chi connectivity index (χ4v) is 5.78. The Labute approximate surface area is 128 Å². The Morgan fingerprint density at radius 2 is 1.64 bits per heavy atom. The first-order chi connectivity index (χ1) is 10.6. The molecule has 1 saturated heterocycles. The third-order valence-electron chi connectivity index (χ3n) is 6.64. The highest BCUT2D eigenvalue weighted by Crippen LogP contribution is 2.66. The quantitative estimate of drug-likeness (QED) is 0.675. The van der Waals surface area contributed by atoms with Crippen molar-refractivity contribution >= 4 is 0 Å². The van der Waals surface area contributed by atoms with Gasteiger partial charge in [0.1, 0.15) is 11.6 Å². The van der Waals surface area contributed by atoms with E-state index in [-0.39, 0.29) is 34.5 Å². The molecule has 0 amide bonds. The van der Waals surface area contributed by atoms with Crippen molar-refractivity contribution in [1.29, 1.82) is 0 Å². The Morgan fingerprint density at radius 1 is 1.00 bits per heavy atom. The maximum absolute atomic E-state index is 12.6. The summed E-state index contributed by atoms with van der Waals surface area (Å²) >= 11 is 0. The zero-order valence-electron chi connectivity index (χ0n) is 12.8. The van der Waals surface area contributed by atoms with Crippen molar-refractivity contribution in [3.05, 3.63) is 33.1 Å². The molecule has 1 saturated carbocycles. The van der Waals surface area contributed by atoms with Crippen LogP contribution in [-0.4, -0.2) is 26.1 Å². The minimum Gasteiger partial charge on any atom is -0.372 e. The van der Waals surface area contributed by atoms with E-state index in [1.54, 1.807) is 16.4 Å². The van der Waals surface area contributed by atoms with E-state index in [2.05, 4.69) is 12.2 Å². The molecule has 2 aliphatic carbocycles. The van der Waals surface area contributed by atoms with Crippen LogP contribution in [0.1, 0.15) is 50.6 Å². The Kier molecular flexibility index (Phi) is 2.26. The molecule has 4 heterocycles. The minimum absolute atomic E-state index is 0.0134. The van der Waals surface area contributed by atoms with Gasteiger partial charge in [0, 0.05) is 19.1 Å². The summed E-state index contributed by atoms with van der Waals surface area (Å²) in [5, 5.41) is 0. The van der Waals surface area contributed by atoms with Crippen molar-refractivity contribution < 1.29 is 4.74 Å². The molecule has 3 aliphatic heterocycles. The summed E-state index contributed by atoms with van der Waals surface area (Å²) in [7, 11) is 1.58. The van der Waals surface area contributed by atoms with Gasteiger partial charge in [-0.15, -0.1) is 0 Å². The maximum Gasteiger partial charge on any atom is 0.347 e. The second-order valence-corrected chi connectivity index (χ2v) is 7.29. The van der Waals surface area contributed by atoms with Crippen molar-refractivity contribution in [3.8, 4) is 0 Å². The highest BCUT2D eigenvalue weighted by atomic mass is 16.5. The molecule has 0 radical (unpaired) electrons. The molecular weight excluding hydrogens is 282 g/mol. The molecule has 1 aromatic heterocycles. The van der Waals surface area contributed by atoms with E-state index < -0.39 is 0 Å². The van der Waals surface area contributed by atoms with Gasteiger partial charge in [-0.05, 0) is 25.7 Å². The minimum atomic E-state index is -0.291. The van der Waals surface area contributed by atoms with Gasteiger partial charge in [-0.1, -0.05) is 25.0 Å². The molecule has 6 nitrogen and oxygen atoms in total. The first kappa shape index (κ1) is 12.9. The zero-order valence-corrected chi connectivity index (χ0v) is 12.8. The number of nitrogens with zero attached hydrogens (tertiary/aromatic N) is 3. The van der Waals surface area contributed by atoms with E-state index in [1.165, 1.54) is 17.4 Å². The van der Waals surface area contributed by atoms with Crippen molar-refractivity contribution in [2.75, 3.05) is 6.61 Å². The summed E-state index contributed by atoms with van der Waals surface area (Å²) in [6.45, 7) is 0.768. The lowest BCUT2D eigenvalue weighted by Crippen LogP contribution is -2.64. The lowest BCUT2D eigenvalue weighted by molar-refractivity contribution is -0.173. The molecule has 0 aromatic carbocycles. The number of ether oxygens (including phenoxy) is 1. The third kappa shape index (κ3) is 1.13. The van der Waals surface area contributed by atoms with E-state index in [1.807, 2.05) is 0 Å². The lowest BCUT2D eigenvalue weighted by Gasteiger charge is -2.59. The zero-order chi connectivity index (χ0) is 15.1. The molecule has 1 aromatic rings. The normalized spacial score (nSPS) is 37.5. The van der Waals surface area contributed by atoms with Gasteiger partial charge in [-0.25, -0.2) is 23.5 Å². The number of hydrogen-bond acceptors (Lipinski definition) is 3. The fourth-order valence-electron chi connectivity index (χ4n) is 5.78. The molecule has 118 valence electrons. The van der Waals surface area contributed by atoms with Gasteiger partial charge in [-0.3, -0.25) is 0 Å². The molecule has 3 atom stereocenters. The summed E-state index contributed by atoms with van der Waals surface area (Å²) < 4.78 is 11.0. The van der Waals surface area contributed by atoms with Gasteiger partial charge >= 0.3 is 11.4 Å². The fraction of sp³-hybridized carbons (Fsp3) is 0.750. The molecule has 0 N–H and O–H groups in total. The number of aromatic nitrogens is 3. The number of allylic oxidation sites excluding steroid dienone is 1. The van der Waals surface area contributed by atoms with Gasteiger partial charge in [0.15, 0.2) is 0 Å². The highest BCUT2D eigenvalue weighted by Gasteiger charge is 2.67. The van der Waals surface area contributed by atoms with E-state index in [9.17, 15) is 9.59 Å². The first-order valence-electron chi connectivity index (χ1n) is 8.35. The molecular formula is C16H21N3O3. The predicted molar refractivity (Wildman–Crippen MR) is 80.0 cm³/mol. The van der Waals surface area contributed by atoms with Gasteiger partial charge in [0.2, 0.25) is 0 Å². The van der Waals surface area contributed by atoms with Crippen molar-refractivity contribution in [1.82, 2.24) is 13.9 Å². The van der Waals surface area contributed by atoms with E-state index >= 15 is 0 Å². The Balaban J connectivity index is 1.87. The largest absolute Gasteiger partial charge is 0.372 e. The van der Waals surface area contributed by atoms with Gasteiger partial charge < -0.3 is 4.74 Å². The molecule has 6 rings (SSSR count). The van der Waals surface area contributed by atoms with Crippen LogP contribution in [-0.2, 0) is 11.8 Å². The van der Waals surface area contributed by atoms with Crippen LogP contribution in [0.25, 0.3) is 0 Å². The van der Waals surface area contributed by atoms with Crippen LogP contribution >= 0.6 is 0 Å². The molecule has 0 unspecified atom stereocenters. The monoisotopic (exact) mass is 303 g/mol. The Morgan fingerprint density at radius 3 is 2.27 bits per heavy atom. The highest BCUT2D eigenvalue weighted by molar-refractivity contribution is 5.28. The number of rotatable bonds is 0. The first-order valence-corrected chi connectivity index (χ1v) is 8.35. The molecule has 5 aliphatic rings. The SMILES string of the molecule is Cn1c(=O)n2n(c1=O)[C@@H]1C=C[C@H]2C2(CCCC2)[C@]12CCCO2. The van der Waals surface area contributed by atoms with E-state index in [0.717, 1.165) is 32.3 Å². The number of hydrogen-bond donors (Lipinski definition) is 0. The average Bonchev–Trinajstić information content (AvgIpc) is 3.23. The summed E-state index contributed by atoms with van der Waals surface area (Å²) in [5.41, 5.74) is -0.711. The predicted octanol–water partition coefficient (Wildman–Crippen LogP) is 1.12.